The average molecular weight is 279 g/mol. The van der Waals surface area contributed by atoms with E-state index in [-0.39, 0.29) is 5.84 Å². The van der Waals surface area contributed by atoms with E-state index >= 15 is 0 Å². The van der Waals surface area contributed by atoms with Gasteiger partial charge in [0.1, 0.15) is 5.75 Å². The van der Waals surface area contributed by atoms with Gasteiger partial charge in [0, 0.05) is 12.6 Å². The van der Waals surface area contributed by atoms with Crippen molar-refractivity contribution in [3.8, 4) is 5.75 Å². The maximum absolute atomic E-state index is 8.76. The van der Waals surface area contributed by atoms with E-state index in [0.717, 1.165) is 12.1 Å². The second-order valence-corrected chi connectivity index (χ2v) is 5.42. The Balaban J connectivity index is 2.94. The van der Waals surface area contributed by atoms with Crippen LogP contribution in [0.5, 0.6) is 5.75 Å². The summed E-state index contributed by atoms with van der Waals surface area (Å²) >= 11 is 0. The van der Waals surface area contributed by atoms with Gasteiger partial charge < -0.3 is 15.7 Å². The van der Waals surface area contributed by atoms with Crippen molar-refractivity contribution in [2.45, 2.75) is 33.4 Å². The van der Waals surface area contributed by atoms with Crippen molar-refractivity contribution in [2.24, 2.45) is 16.8 Å². The highest BCUT2D eigenvalue weighted by molar-refractivity contribution is 5.99. The first kappa shape index (κ1) is 16.3. The highest BCUT2D eigenvalue weighted by Crippen LogP contribution is 2.22. The molecule has 0 heterocycles. The molecule has 1 atom stereocenters. The van der Waals surface area contributed by atoms with Crippen LogP contribution in [0, 0.1) is 5.92 Å². The van der Waals surface area contributed by atoms with Crippen molar-refractivity contribution in [3.63, 3.8) is 0 Å². The number of hydrogen-bond acceptors (Lipinski definition) is 4. The summed E-state index contributed by atoms with van der Waals surface area (Å²) < 4.78 is 5.31. The monoisotopic (exact) mass is 279 g/mol. The Labute approximate surface area is 121 Å². The molecule has 20 heavy (non-hydrogen) atoms. The van der Waals surface area contributed by atoms with Gasteiger partial charge in [-0.2, -0.15) is 0 Å². The van der Waals surface area contributed by atoms with Crippen LogP contribution in [0.25, 0.3) is 0 Å². The van der Waals surface area contributed by atoms with Crippen LogP contribution in [0.2, 0.25) is 0 Å². The lowest BCUT2D eigenvalue weighted by atomic mass is 10.0. The van der Waals surface area contributed by atoms with Gasteiger partial charge in [-0.15, -0.1) is 0 Å². The van der Waals surface area contributed by atoms with Crippen LogP contribution in [-0.2, 0) is 6.54 Å². The first-order chi connectivity index (χ1) is 9.40. The zero-order valence-electron chi connectivity index (χ0n) is 12.9. The Morgan fingerprint density at radius 1 is 1.40 bits per heavy atom. The summed E-state index contributed by atoms with van der Waals surface area (Å²) in [7, 11) is 3.68. The van der Waals surface area contributed by atoms with Crippen molar-refractivity contribution in [1.82, 2.24) is 4.90 Å². The predicted octanol–water partition coefficient (Wildman–Crippen LogP) is 2.27. The molecule has 0 spiro atoms. The zero-order chi connectivity index (χ0) is 15.3. The first-order valence-corrected chi connectivity index (χ1v) is 6.75. The summed E-state index contributed by atoms with van der Waals surface area (Å²) in [5.41, 5.74) is 7.35. The van der Waals surface area contributed by atoms with Crippen molar-refractivity contribution >= 4 is 5.84 Å². The summed E-state index contributed by atoms with van der Waals surface area (Å²) in [4.78, 5) is 2.29. The molecule has 0 bridgehead atoms. The molecule has 1 unspecified atom stereocenters. The van der Waals surface area contributed by atoms with Gasteiger partial charge in [0.25, 0.3) is 0 Å². The van der Waals surface area contributed by atoms with Crippen LogP contribution in [0.3, 0.4) is 0 Å². The van der Waals surface area contributed by atoms with E-state index in [2.05, 4.69) is 37.9 Å². The highest BCUT2D eigenvalue weighted by atomic mass is 16.5. The Kier molecular flexibility index (Phi) is 5.82. The predicted molar refractivity (Wildman–Crippen MR) is 81.3 cm³/mol. The average Bonchev–Trinajstić information content (AvgIpc) is 2.45. The number of methoxy groups -OCH3 is 1. The van der Waals surface area contributed by atoms with E-state index < -0.39 is 0 Å². The fourth-order valence-corrected chi connectivity index (χ4v) is 2.04. The fourth-order valence-electron chi connectivity index (χ4n) is 2.04. The second kappa shape index (κ2) is 7.14. The number of ether oxygens (including phenoxy) is 1. The van der Waals surface area contributed by atoms with Crippen LogP contribution in [0.15, 0.2) is 23.4 Å². The molecule has 0 aliphatic heterocycles. The lowest BCUT2D eigenvalue weighted by molar-refractivity contribution is 0.200. The summed E-state index contributed by atoms with van der Waals surface area (Å²) in [6, 6.07) is 6.21. The molecule has 0 aliphatic rings. The van der Waals surface area contributed by atoms with Gasteiger partial charge in [0.05, 0.1) is 12.7 Å². The van der Waals surface area contributed by atoms with Crippen LogP contribution in [0.4, 0.5) is 0 Å². The van der Waals surface area contributed by atoms with Gasteiger partial charge in [-0.3, -0.25) is 4.90 Å². The molecule has 0 saturated heterocycles. The number of nitrogens with two attached hydrogens (primary N) is 1. The van der Waals surface area contributed by atoms with E-state index in [0.29, 0.717) is 23.3 Å². The van der Waals surface area contributed by atoms with Crippen LogP contribution in [-0.4, -0.2) is 36.1 Å². The minimum absolute atomic E-state index is 0.0531. The molecule has 0 aliphatic carbocycles. The molecule has 1 rings (SSSR count). The first-order valence-electron chi connectivity index (χ1n) is 6.75. The van der Waals surface area contributed by atoms with Gasteiger partial charge in [-0.1, -0.05) is 25.1 Å². The number of rotatable bonds is 6. The molecule has 0 amide bonds. The number of benzene rings is 1. The van der Waals surface area contributed by atoms with E-state index in [1.165, 1.54) is 0 Å². The van der Waals surface area contributed by atoms with E-state index in [4.69, 9.17) is 15.7 Å². The largest absolute Gasteiger partial charge is 0.496 e. The Hall–Kier alpha value is -1.75. The molecule has 1 aromatic rings. The Morgan fingerprint density at radius 2 is 2.05 bits per heavy atom. The van der Waals surface area contributed by atoms with Crippen molar-refractivity contribution in [2.75, 3.05) is 14.2 Å². The van der Waals surface area contributed by atoms with Gasteiger partial charge in [-0.25, -0.2) is 0 Å². The number of oxime groups is 1. The smallest absolute Gasteiger partial charge is 0.173 e. The topological polar surface area (TPSA) is 71.1 Å². The molecule has 5 heteroatoms. The van der Waals surface area contributed by atoms with E-state index in [9.17, 15) is 0 Å². The normalized spacial score (nSPS) is 13.8. The molecular weight excluding hydrogens is 254 g/mol. The van der Waals surface area contributed by atoms with Gasteiger partial charge >= 0.3 is 0 Å². The van der Waals surface area contributed by atoms with Crippen molar-refractivity contribution < 1.29 is 9.94 Å². The summed E-state index contributed by atoms with van der Waals surface area (Å²) in [5.74, 6) is 1.26. The van der Waals surface area contributed by atoms with Crippen LogP contribution >= 0.6 is 0 Å². The zero-order valence-corrected chi connectivity index (χ0v) is 12.9. The van der Waals surface area contributed by atoms with Gasteiger partial charge in [0.15, 0.2) is 5.84 Å². The number of amidine groups is 1. The van der Waals surface area contributed by atoms with Gasteiger partial charge in [-0.05, 0) is 37.6 Å². The minimum Gasteiger partial charge on any atom is -0.496 e. The minimum atomic E-state index is 0.0531. The molecule has 5 nitrogen and oxygen atoms in total. The Morgan fingerprint density at radius 3 is 2.55 bits per heavy atom. The third-order valence-corrected chi connectivity index (χ3v) is 3.74. The summed E-state index contributed by atoms with van der Waals surface area (Å²) in [6.07, 6.45) is 0. The van der Waals surface area contributed by atoms with Crippen LogP contribution < -0.4 is 10.5 Å². The van der Waals surface area contributed by atoms with Crippen molar-refractivity contribution in [1.29, 1.82) is 0 Å². The Bertz CT molecular complexity index is 472. The third-order valence-electron chi connectivity index (χ3n) is 3.74. The lowest BCUT2D eigenvalue weighted by Gasteiger charge is -2.28. The van der Waals surface area contributed by atoms with Crippen LogP contribution in [0.1, 0.15) is 31.9 Å². The number of hydrogen-bond donors (Lipinski definition) is 2. The highest BCUT2D eigenvalue weighted by Gasteiger charge is 2.15. The van der Waals surface area contributed by atoms with E-state index in [1.54, 1.807) is 7.11 Å². The third kappa shape index (κ3) is 3.87. The number of nitrogens with zero attached hydrogens (tertiary/aromatic N) is 2. The summed E-state index contributed by atoms with van der Waals surface area (Å²) in [5, 5.41) is 11.8. The van der Waals surface area contributed by atoms with Gasteiger partial charge in [0.2, 0.25) is 0 Å². The lowest BCUT2D eigenvalue weighted by Crippen LogP contribution is -2.32. The molecule has 3 N–H and O–H groups in total. The quantitative estimate of drug-likeness (QED) is 0.363. The molecule has 0 saturated carbocycles. The van der Waals surface area contributed by atoms with Crippen molar-refractivity contribution in [3.05, 3.63) is 29.3 Å². The molecule has 0 aromatic heterocycles. The van der Waals surface area contributed by atoms with E-state index in [1.807, 2.05) is 18.2 Å². The molecule has 112 valence electrons. The molecular formula is C15H25N3O2. The standard InChI is InChI=1S/C15H25N3O2/c1-10(2)11(3)18(4)9-12-6-7-13(15(16)17-19)14(8-12)20-5/h6-8,10-11,19H,9H2,1-5H3,(H2,16,17). The molecule has 0 radical (unpaired) electrons. The molecule has 0 fully saturated rings. The SMILES string of the molecule is COc1cc(CN(C)C(C)C(C)C)ccc1/C(N)=N/O. The molecule has 1 aromatic carbocycles. The summed E-state index contributed by atoms with van der Waals surface area (Å²) in [6.45, 7) is 7.46. The second-order valence-electron chi connectivity index (χ2n) is 5.42. The maximum Gasteiger partial charge on any atom is 0.173 e. The fraction of sp³-hybridized carbons (Fsp3) is 0.533. The maximum atomic E-state index is 8.76.